The minimum absolute atomic E-state index is 0.0451. The Labute approximate surface area is 148 Å². The number of rotatable bonds is 5. The second kappa shape index (κ2) is 8.89. The topological polar surface area (TPSA) is 70.2 Å². The molecule has 0 radical (unpaired) electrons. The summed E-state index contributed by atoms with van der Waals surface area (Å²) in [6.07, 6.45) is -0.0913. The molecule has 3 N–H and O–H groups in total. The molecule has 0 aliphatic rings. The molecule has 0 heterocycles. The van der Waals surface area contributed by atoms with Crippen LogP contribution >= 0.6 is 0 Å². The lowest BCUT2D eigenvalue weighted by Crippen LogP contribution is -2.50. The van der Waals surface area contributed by atoms with Crippen LogP contribution in [0.3, 0.4) is 0 Å². The van der Waals surface area contributed by atoms with E-state index >= 15 is 0 Å². The minimum Gasteiger partial charge on any atom is -0.334 e. The Morgan fingerprint density at radius 2 is 1.58 bits per heavy atom. The smallest absolute Gasteiger partial charge is 0.333 e. The maximum Gasteiger partial charge on any atom is 0.333 e. The minimum atomic E-state index is -0.721. The fraction of sp³-hybridized carbons (Fsp3) is 0.222. The van der Waals surface area contributed by atoms with Gasteiger partial charge in [-0.15, -0.1) is 0 Å². The van der Waals surface area contributed by atoms with E-state index in [9.17, 15) is 22.8 Å². The van der Waals surface area contributed by atoms with Gasteiger partial charge in [0.2, 0.25) is 5.91 Å². The quantitative estimate of drug-likeness (QED) is 0.713. The van der Waals surface area contributed by atoms with Gasteiger partial charge in [0.25, 0.3) is 0 Å². The van der Waals surface area contributed by atoms with Gasteiger partial charge in [-0.2, -0.15) is 0 Å². The Bertz CT molecular complexity index is 762. The SMILES string of the molecule is CC(Cc1c(F)cccc1F)NC(=O)NNC(=O)Cc1ccc(F)cc1. The number of benzene rings is 2. The molecule has 2 aromatic carbocycles. The number of nitrogens with one attached hydrogen (secondary N) is 3. The van der Waals surface area contributed by atoms with Gasteiger partial charge in [-0.1, -0.05) is 18.2 Å². The van der Waals surface area contributed by atoms with Crippen molar-refractivity contribution in [3.8, 4) is 0 Å². The summed E-state index contributed by atoms with van der Waals surface area (Å²) in [5.41, 5.74) is 4.80. The molecule has 0 aliphatic carbocycles. The van der Waals surface area contributed by atoms with E-state index in [-0.39, 0.29) is 18.4 Å². The maximum absolute atomic E-state index is 13.6. The predicted octanol–water partition coefficient (Wildman–Crippen LogP) is 2.61. The summed E-state index contributed by atoms with van der Waals surface area (Å²) in [6, 6.07) is 7.62. The van der Waals surface area contributed by atoms with Crippen LogP contribution in [0, 0.1) is 17.5 Å². The van der Waals surface area contributed by atoms with Crippen molar-refractivity contribution >= 4 is 11.9 Å². The molecule has 3 amide bonds. The molecule has 26 heavy (non-hydrogen) atoms. The number of carbonyl (C=O) groups is 2. The third kappa shape index (κ3) is 5.80. The Morgan fingerprint density at radius 3 is 2.19 bits per heavy atom. The molecular formula is C18H18F3N3O2. The number of hydrogen-bond donors (Lipinski definition) is 3. The van der Waals surface area contributed by atoms with Crippen molar-refractivity contribution < 1.29 is 22.8 Å². The lowest BCUT2D eigenvalue weighted by atomic mass is 10.1. The zero-order chi connectivity index (χ0) is 19.1. The van der Waals surface area contributed by atoms with E-state index in [4.69, 9.17) is 0 Å². The molecule has 2 aromatic rings. The molecule has 0 saturated carbocycles. The van der Waals surface area contributed by atoms with Crippen LogP contribution in [0.5, 0.6) is 0 Å². The molecule has 0 fully saturated rings. The van der Waals surface area contributed by atoms with Gasteiger partial charge in [0.1, 0.15) is 17.5 Å². The van der Waals surface area contributed by atoms with Crippen molar-refractivity contribution in [2.45, 2.75) is 25.8 Å². The molecule has 1 atom stereocenters. The zero-order valence-corrected chi connectivity index (χ0v) is 14.0. The molecule has 0 spiro atoms. The van der Waals surface area contributed by atoms with E-state index in [0.29, 0.717) is 5.56 Å². The number of carbonyl (C=O) groups excluding carboxylic acids is 2. The van der Waals surface area contributed by atoms with Crippen molar-refractivity contribution in [3.63, 3.8) is 0 Å². The molecule has 0 aliphatic heterocycles. The van der Waals surface area contributed by atoms with Crippen LogP contribution < -0.4 is 16.2 Å². The second-order valence-corrected chi connectivity index (χ2v) is 5.76. The molecule has 0 aromatic heterocycles. The van der Waals surface area contributed by atoms with Crippen LogP contribution in [0.2, 0.25) is 0 Å². The van der Waals surface area contributed by atoms with E-state index in [1.165, 1.54) is 30.3 Å². The molecule has 0 bridgehead atoms. The lowest BCUT2D eigenvalue weighted by Gasteiger charge is -2.16. The average Bonchev–Trinajstić information content (AvgIpc) is 2.58. The summed E-state index contributed by atoms with van der Waals surface area (Å²) in [5, 5.41) is 2.46. The molecular weight excluding hydrogens is 347 g/mol. The standard InChI is InChI=1S/C18H18F3N3O2/c1-11(9-14-15(20)3-2-4-16(14)21)22-18(26)24-23-17(25)10-12-5-7-13(19)8-6-12/h2-8,11H,9-10H2,1H3,(H,23,25)(H2,22,24,26). The largest absolute Gasteiger partial charge is 0.334 e. The van der Waals surface area contributed by atoms with Gasteiger partial charge in [0.15, 0.2) is 0 Å². The summed E-state index contributed by atoms with van der Waals surface area (Å²) < 4.78 is 40.0. The van der Waals surface area contributed by atoms with Gasteiger partial charge in [-0.25, -0.2) is 23.4 Å². The van der Waals surface area contributed by atoms with E-state index in [2.05, 4.69) is 16.2 Å². The fourth-order valence-electron chi connectivity index (χ4n) is 2.30. The molecule has 0 saturated heterocycles. The van der Waals surface area contributed by atoms with E-state index in [0.717, 1.165) is 12.1 Å². The normalized spacial score (nSPS) is 11.5. The first-order chi connectivity index (χ1) is 12.3. The number of hydrogen-bond acceptors (Lipinski definition) is 2. The van der Waals surface area contributed by atoms with Crippen LogP contribution in [-0.4, -0.2) is 18.0 Å². The molecule has 138 valence electrons. The molecule has 8 heteroatoms. The van der Waals surface area contributed by atoms with Crippen molar-refractivity contribution in [1.82, 2.24) is 16.2 Å². The highest BCUT2D eigenvalue weighted by Gasteiger charge is 2.14. The fourth-order valence-corrected chi connectivity index (χ4v) is 2.30. The van der Waals surface area contributed by atoms with E-state index in [1.807, 2.05) is 0 Å². The predicted molar refractivity (Wildman–Crippen MR) is 89.4 cm³/mol. The Kier molecular flexibility index (Phi) is 6.60. The van der Waals surface area contributed by atoms with Crippen LogP contribution in [-0.2, 0) is 17.6 Å². The van der Waals surface area contributed by atoms with Crippen LogP contribution in [0.15, 0.2) is 42.5 Å². The molecule has 5 nitrogen and oxygen atoms in total. The van der Waals surface area contributed by atoms with Crippen LogP contribution in [0.25, 0.3) is 0 Å². The monoisotopic (exact) mass is 365 g/mol. The first-order valence-electron chi connectivity index (χ1n) is 7.88. The van der Waals surface area contributed by atoms with Crippen LogP contribution in [0.4, 0.5) is 18.0 Å². The number of hydrazine groups is 1. The van der Waals surface area contributed by atoms with Crippen molar-refractivity contribution in [2.24, 2.45) is 0 Å². The first-order valence-corrected chi connectivity index (χ1v) is 7.88. The number of urea groups is 1. The summed E-state index contributed by atoms with van der Waals surface area (Å²) >= 11 is 0. The summed E-state index contributed by atoms with van der Waals surface area (Å²) in [6.45, 7) is 1.58. The van der Waals surface area contributed by atoms with Gasteiger partial charge in [0, 0.05) is 11.6 Å². The van der Waals surface area contributed by atoms with Gasteiger partial charge in [-0.05, 0) is 43.2 Å². The van der Waals surface area contributed by atoms with Gasteiger partial charge in [-0.3, -0.25) is 10.2 Å². The highest BCUT2D eigenvalue weighted by atomic mass is 19.1. The number of amides is 3. The van der Waals surface area contributed by atoms with Crippen molar-refractivity contribution in [3.05, 3.63) is 71.0 Å². The Balaban J connectivity index is 1.77. The van der Waals surface area contributed by atoms with Gasteiger partial charge in [0.05, 0.1) is 6.42 Å². The van der Waals surface area contributed by atoms with E-state index < -0.39 is 35.4 Å². The Morgan fingerprint density at radius 1 is 0.962 bits per heavy atom. The van der Waals surface area contributed by atoms with Crippen LogP contribution in [0.1, 0.15) is 18.1 Å². The van der Waals surface area contributed by atoms with Crippen molar-refractivity contribution in [1.29, 1.82) is 0 Å². The van der Waals surface area contributed by atoms with E-state index in [1.54, 1.807) is 6.92 Å². The number of halogens is 3. The third-order valence-electron chi connectivity index (χ3n) is 3.54. The second-order valence-electron chi connectivity index (χ2n) is 5.76. The summed E-state index contributed by atoms with van der Waals surface area (Å²) in [4.78, 5) is 23.5. The highest BCUT2D eigenvalue weighted by molar-refractivity contribution is 5.82. The van der Waals surface area contributed by atoms with Gasteiger partial charge >= 0.3 is 6.03 Å². The molecule has 1 unspecified atom stereocenters. The third-order valence-corrected chi connectivity index (χ3v) is 3.54. The maximum atomic E-state index is 13.6. The Hall–Kier alpha value is -3.03. The molecule has 2 rings (SSSR count). The van der Waals surface area contributed by atoms with Gasteiger partial charge < -0.3 is 5.32 Å². The summed E-state index contributed by atoms with van der Waals surface area (Å²) in [5.74, 6) is -2.29. The first kappa shape index (κ1) is 19.3. The van der Waals surface area contributed by atoms with Crippen molar-refractivity contribution in [2.75, 3.05) is 0 Å². The summed E-state index contributed by atoms with van der Waals surface area (Å²) in [7, 11) is 0. The highest BCUT2D eigenvalue weighted by Crippen LogP contribution is 2.14. The lowest BCUT2D eigenvalue weighted by molar-refractivity contribution is -0.121. The average molecular weight is 365 g/mol. The zero-order valence-electron chi connectivity index (χ0n) is 14.0.